The number of ether oxygens (including phenoxy) is 1. The summed E-state index contributed by atoms with van der Waals surface area (Å²) in [5.74, 6) is -1.05. The minimum Gasteiger partial charge on any atom is -0.496 e. The van der Waals surface area contributed by atoms with Crippen molar-refractivity contribution in [3.05, 3.63) is 59.7 Å². The quantitative estimate of drug-likeness (QED) is 0.825. The van der Waals surface area contributed by atoms with Crippen molar-refractivity contribution in [3.63, 3.8) is 0 Å². The van der Waals surface area contributed by atoms with Crippen LogP contribution in [0.3, 0.4) is 0 Å². The summed E-state index contributed by atoms with van der Waals surface area (Å²) in [5, 5.41) is 5.16. The third-order valence-corrected chi connectivity index (χ3v) is 3.30. The summed E-state index contributed by atoms with van der Waals surface area (Å²) in [6.45, 7) is 0.199. The van der Waals surface area contributed by atoms with Crippen LogP contribution in [0.4, 0.5) is 14.5 Å². The summed E-state index contributed by atoms with van der Waals surface area (Å²) in [7, 11) is 1.59. The van der Waals surface area contributed by atoms with E-state index in [-0.39, 0.29) is 18.1 Å². The Kier molecular flexibility index (Phi) is 5.91. The van der Waals surface area contributed by atoms with E-state index in [1.165, 1.54) is 6.07 Å². The van der Waals surface area contributed by atoms with Gasteiger partial charge >= 0.3 is 0 Å². The van der Waals surface area contributed by atoms with Gasteiger partial charge in [-0.25, -0.2) is 8.78 Å². The molecule has 23 heavy (non-hydrogen) atoms. The second kappa shape index (κ2) is 8.12. The van der Waals surface area contributed by atoms with Gasteiger partial charge in [-0.1, -0.05) is 24.3 Å². The van der Waals surface area contributed by atoms with Crippen LogP contribution >= 0.6 is 0 Å². The number of hydrogen-bond acceptors (Lipinski definition) is 3. The van der Waals surface area contributed by atoms with Crippen molar-refractivity contribution in [2.75, 3.05) is 25.5 Å². The molecule has 122 valence electrons. The van der Waals surface area contributed by atoms with Crippen molar-refractivity contribution in [2.24, 2.45) is 0 Å². The lowest BCUT2D eigenvalue weighted by atomic mass is 10.1. The first-order valence-electron chi connectivity index (χ1n) is 7.18. The van der Waals surface area contributed by atoms with E-state index in [2.05, 4.69) is 10.6 Å². The van der Waals surface area contributed by atoms with E-state index in [4.69, 9.17) is 4.74 Å². The molecule has 0 atom stereocenters. The Balaban J connectivity index is 1.79. The minimum atomic E-state index is -0.730. The number of methoxy groups -OCH3 is 1. The van der Waals surface area contributed by atoms with Crippen LogP contribution in [0.5, 0.6) is 5.75 Å². The molecule has 0 aliphatic rings. The molecule has 6 heteroatoms. The minimum absolute atomic E-state index is 0.205. The first-order valence-corrected chi connectivity index (χ1v) is 7.18. The van der Waals surface area contributed by atoms with Gasteiger partial charge in [0.05, 0.1) is 13.7 Å². The standard InChI is InChI=1S/C17H18F2N2O2/c1-23-15-8-3-2-5-12(15)9-10-20-16(22)11-21-17-13(18)6-4-7-14(17)19/h2-8,21H,9-11H2,1H3,(H,20,22). The number of carbonyl (C=O) groups excluding carboxylic acids is 1. The molecule has 2 N–H and O–H groups in total. The number of hydrogen-bond donors (Lipinski definition) is 2. The predicted molar refractivity (Wildman–Crippen MR) is 84.6 cm³/mol. The largest absolute Gasteiger partial charge is 0.496 e. The maximum atomic E-state index is 13.4. The van der Waals surface area contributed by atoms with Gasteiger partial charge in [-0.2, -0.15) is 0 Å². The summed E-state index contributed by atoms with van der Waals surface area (Å²) < 4.78 is 32.0. The fourth-order valence-electron chi connectivity index (χ4n) is 2.14. The third-order valence-electron chi connectivity index (χ3n) is 3.30. The SMILES string of the molecule is COc1ccccc1CCNC(=O)CNc1c(F)cccc1F. The molecule has 0 saturated heterocycles. The zero-order valence-electron chi connectivity index (χ0n) is 12.7. The zero-order valence-corrected chi connectivity index (χ0v) is 12.7. The molecule has 2 aromatic carbocycles. The first kappa shape index (κ1) is 16.7. The van der Waals surface area contributed by atoms with Crippen molar-refractivity contribution in [1.82, 2.24) is 5.32 Å². The summed E-state index contributed by atoms with van der Waals surface area (Å²) in [5.41, 5.74) is 0.677. The molecule has 0 aliphatic carbocycles. The van der Waals surface area contributed by atoms with E-state index >= 15 is 0 Å². The topological polar surface area (TPSA) is 50.4 Å². The number of amides is 1. The van der Waals surface area contributed by atoms with Crippen molar-refractivity contribution < 1.29 is 18.3 Å². The molecule has 0 heterocycles. The van der Waals surface area contributed by atoms with Crippen LogP contribution < -0.4 is 15.4 Å². The molecule has 0 radical (unpaired) electrons. The van der Waals surface area contributed by atoms with Crippen LogP contribution in [0.1, 0.15) is 5.56 Å². The van der Waals surface area contributed by atoms with E-state index in [0.717, 1.165) is 23.4 Å². The average Bonchev–Trinajstić information content (AvgIpc) is 2.55. The van der Waals surface area contributed by atoms with Crippen molar-refractivity contribution in [3.8, 4) is 5.75 Å². The molecular weight excluding hydrogens is 302 g/mol. The van der Waals surface area contributed by atoms with Gasteiger partial charge in [0, 0.05) is 6.54 Å². The van der Waals surface area contributed by atoms with E-state index in [0.29, 0.717) is 13.0 Å². The Morgan fingerprint density at radius 1 is 1.09 bits per heavy atom. The Morgan fingerprint density at radius 2 is 1.78 bits per heavy atom. The van der Waals surface area contributed by atoms with E-state index in [1.54, 1.807) is 7.11 Å². The second-order valence-electron chi connectivity index (χ2n) is 4.86. The number of para-hydroxylation sites is 2. The predicted octanol–water partition coefficient (Wildman–Crippen LogP) is 2.74. The molecule has 0 bridgehead atoms. The second-order valence-corrected chi connectivity index (χ2v) is 4.86. The maximum Gasteiger partial charge on any atom is 0.239 e. The summed E-state index contributed by atoms with van der Waals surface area (Å²) in [4.78, 5) is 11.7. The number of rotatable bonds is 7. The van der Waals surface area contributed by atoms with Gasteiger partial charge < -0.3 is 15.4 Å². The van der Waals surface area contributed by atoms with E-state index < -0.39 is 11.6 Å². The number of benzene rings is 2. The molecule has 0 aromatic heterocycles. The van der Waals surface area contributed by atoms with Gasteiger partial charge in [-0.3, -0.25) is 4.79 Å². The number of nitrogens with one attached hydrogen (secondary N) is 2. The Hall–Kier alpha value is -2.63. The van der Waals surface area contributed by atoms with Gasteiger partial charge in [0.2, 0.25) is 5.91 Å². The highest BCUT2D eigenvalue weighted by Crippen LogP contribution is 2.18. The van der Waals surface area contributed by atoms with Gasteiger partial charge in [0.15, 0.2) is 0 Å². The zero-order chi connectivity index (χ0) is 16.7. The van der Waals surface area contributed by atoms with Crippen molar-refractivity contribution in [1.29, 1.82) is 0 Å². The van der Waals surface area contributed by atoms with Crippen LogP contribution in [0.15, 0.2) is 42.5 Å². The molecule has 2 rings (SSSR count). The average molecular weight is 320 g/mol. The molecule has 2 aromatic rings. The van der Waals surface area contributed by atoms with Crippen LogP contribution in [0, 0.1) is 11.6 Å². The van der Waals surface area contributed by atoms with Crippen molar-refractivity contribution >= 4 is 11.6 Å². The Morgan fingerprint density at radius 3 is 2.48 bits per heavy atom. The number of anilines is 1. The highest BCUT2D eigenvalue weighted by Gasteiger charge is 2.09. The molecule has 0 unspecified atom stereocenters. The lowest BCUT2D eigenvalue weighted by molar-refractivity contribution is -0.119. The van der Waals surface area contributed by atoms with Crippen LogP contribution in [0.25, 0.3) is 0 Å². The smallest absolute Gasteiger partial charge is 0.239 e. The molecule has 0 saturated carbocycles. The molecular formula is C17H18F2N2O2. The Bertz CT molecular complexity index is 657. The summed E-state index contributed by atoms with van der Waals surface area (Å²) in [6, 6.07) is 11.0. The van der Waals surface area contributed by atoms with Gasteiger partial charge in [-0.05, 0) is 30.2 Å². The highest BCUT2D eigenvalue weighted by molar-refractivity contribution is 5.80. The molecule has 0 spiro atoms. The van der Waals surface area contributed by atoms with Crippen molar-refractivity contribution in [2.45, 2.75) is 6.42 Å². The van der Waals surface area contributed by atoms with Gasteiger partial charge in [0.1, 0.15) is 23.1 Å². The fourth-order valence-corrected chi connectivity index (χ4v) is 2.14. The van der Waals surface area contributed by atoms with Gasteiger partial charge in [-0.15, -0.1) is 0 Å². The first-order chi connectivity index (χ1) is 11.1. The number of carbonyl (C=O) groups is 1. The van der Waals surface area contributed by atoms with Crippen LogP contribution in [-0.4, -0.2) is 26.1 Å². The van der Waals surface area contributed by atoms with E-state index in [9.17, 15) is 13.6 Å². The maximum absolute atomic E-state index is 13.4. The molecule has 1 amide bonds. The Labute approximate surface area is 133 Å². The summed E-state index contributed by atoms with van der Waals surface area (Å²) >= 11 is 0. The monoisotopic (exact) mass is 320 g/mol. The number of halogens is 2. The normalized spacial score (nSPS) is 10.2. The molecule has 0 fully saturated rings. The van der Waals surface area contributed by atoms with Gasteiger partial charge in [0.25, 0.3) is 0 Å². The highest BCUT2D eigenvalue weighted by atomic mass is 19.1. The fraction of sp³-hybridized carbons (Fsp3) is 0.235. The molecule has 4 nitrogen and oxygen atoms in total. The van der Waals surface area contributed by atoms with E-state index in [1.807, 2.05) is 24.3 Å². The van der Waals surface area contributed by atoms with Crippen LogP contribution in [0.2, 0.25) is 0 Å². The van der Waals surface area contributed by atoms with Crippen LogP contribution in [-0.2, 0) is 11.2 Å². The lowest BCUT2D eigenvalue weighted by Crippen LogP contribution is -2.31. The lowest BCUT2D eigenvalue weighted by Gasteiger charge is -2.10. The third kappa shape index (κ3) is 4.67. The molecule has 0 aliphatic heterocycles. The summed E-state index contributed by atoms with van der Waals surface area (Å²) in [6.07, 6.45) is 0.601.